The largest absolute Gasteiger partial charge is 0.378 e. The van der Waals surface area contributed by atoms with Gasteiger partial charge in [-0.2, -0.15) is 0 Å². The fraction of sp³-hybridized carbons (Fsp3) is 0.500. The van der Waals surface area contributed by atoms with Crippen LogP contribution in [0.2, 0.25) is 0 Å². The highest BCUT2D eigenvalue weighted by Gasteiger charge is 2.26. The summed E-state index contributed by atoms with van der Waals surface area (Å²) < 4.78 is 20.2. The minimum absolute atomic E-state index is 0.0505. The lowest BCUT2D eigenvalue weighted by molar-refractivity contribution is 0.00856. The van der Waals surface area contributed by atoms with Gasteiger partial charge in [0.1, 0.15) is 5.82 Å². The summed E-state index contributed by atoms with van der Waals surface area (Å²) in [5.74, 6) is -0.215. The van der Waals surface area contributed by atoms with Gasteiger partial charge in [0.05, 0.1) is 11.0 Å². The minimum Gasteiger partial charge on any atom is -0.378 e. The zero-order chi connectivity index (χ0) is 17.1. The molecule has 0 saturated carbocycles. The van der Waals surface area contributed by atoms with Crippen molar-refractivity contribution in [3.05, 3.63) is 34.5 Å². The highest BCUT2D eigenvalue weighted by molar-refractivity contribution is 7.21. The number of likely N-dealkylation sites (tertiary alicyclic amines) is 1. The van der Waals surface area contributed by atoms with Crippen LogP contribution in [-0.2, 0) is 4.74 Å². The Bertz CT molecular complexity index is 723. The molecule has 1 amide bonds. The van der Waals surface area contributed by atoms with Crippen molar-refractivity contribution in [3.63, 3.8) is 0 Å². The lowest BCUT2D eigenvalue weighted by Crippen LogP contribution is -2.41. The number of aryl methyl sites for hydroxylation is 1. The smallest absolute Gasteiger partial charge is 0.264 e. The van der Waals surface area contributed by atoms with Crippen molar-refractivity contribution in [1.82, 2.24) is 4.90 Å². The molecule has 130 valence electrons. The highest BCUT2D eigenvalue weighted by Crippen LogP contribution is 2.32. The highest BCUT2D eigenvalue weighted by atomic mass is 32.1. The van der Waals surface area contributed by atoms with Crippen molar-refractivity contribution in [2.24, 2.45) is 5.73 Å². The van der Waals surface area contributed by atoms with Gasteiger partial charge < -0.3 is 15.4 Å². The van der Waals surface area contributed by atoms with Crippen LogP contribution in [0.1, 0.15) is 34.5 Å². The van der Waals surface area contributed by atoms with E-state index >= 15 is 0 Å². The van der Waals surface area contributed by atoms with E-state index in [1.165, 1.54) is 23.5 Å². The number of rotatable bonds is 5. The zero-order valence-corrected chi connectivity index (χ0v) is 14.7. The third kappa shape index (κ3) is 3.61. The molecule has 1 aliphatic heterocycles. The number of amides is 1. The molecular weight excluding hydrogens is 327 g/mol. The molecule has 0 spiro atoms. The SMILES string of the molecule is Cc1c(C(=O)N2CCC(OCCCN)CC2)sc2ccc(F)cc12. The van der Waals surface area contributed by atoms with Gasteiger partial charge in [-0.3, -0.25) is 4.79 Å². The van der Waals surface area contributed by atoms with Gasteiger partial charge in [0, 0.05) is 24.4 Å². The van der Waals surface area contributed by atoms with E-state index in [0.717, 1.165) is 39.8 Å². The molecule has 6 heteroatoms. The second-order valence-corrected chi connectivity index (χ2v) is 7.25. The maximum Gasteiger partial charge on any atom is 0.264 e. The summed E-state index contributed by atoms with van der Waals surface area (Å²) in [5.41, 5.74) is 6.35. The summed E-state index contributed by atoms with van der Waals surface area (Å²) >= 11 is 1.45. The molecule has 24 heavy (non-hydrogen) atoms. The molecule has 2 heterocycles. The number of nitrogens with zero attached hydrogens (tertiary/aromatic N) is 1. The fourth-order valence-corrected chi connectivity index (χ4v) is 4.26. The maximum absolute atomic E-state index is 13.4. The molecule has 0 aliphatic carbocycles. The van der Waals surface area contributed by atoms with Crippen LogP contribution in [0.3, 0.4) is 0 Å². The van der Waals surface area contributed by atoms with Crippen molar-refractivity contribution >= 4 is 27.3 Å². The number of carbonyl (C=O) groups is 1. The van der Waals surface area contributed by atoms with Crippen LogP contribution in [-0.4, -0.2) is 43.2 Å². The standard InChI is InChI=1S/C18H23FN2O2S/c1-12-15-11-13(19)3-4-16(15)24-17(12)18(22)21-8-5-14(6-9-21)23-10-2-7-20/h3-4,11,14H,2,5-10,20H2,1H3. The quantitative estimate of drug-likeness (QED) is 0.842. The number of ether oxygens (including phenoxy) is 1. The maximum atomic E-state index is 13.4. The summed E-state index contributed by atoms with van der Waals surface area (Å²) in [4.78, 5) is 15.4. The fourth-order valence-electron chi connectivity index (χ4n) is 3.10. The van der Waals surface area contributed by atoms with E-state index in [1.54, 1.807) is 6.07 Å². The van der Waals surface area contributed by atoms with Crippen molar-refractivity contribution in [2.45, 2.75) is 32.3 Å². The number of benzene rings is 1. The second-order valence-electron chi connectivity index (χ2n) is 6.20. The van der Waals surface area contributed by atoms with Crippen molar-refractivity contribution in [2.75, 3.05) is 26.2 Å². The average Bonchev–Trinajstić information content (AvgIpc) is 2.92. The monoisotopic (exact) mass is 350 g/mol. The summed E-state index contributed by atoms with van der Waals surface area (Å²) in [6, 6.07) is 4.70. The normalized spacial score (nSPS) is 16.0. The van der Waals surface area contributed by atoms with Crippen LogP contribution >= 0.6 is 11.3 Å². The van der Waals surface area contributed by atoms with Crippen LogP contribution < -0.4 is 5.73 Å². The average molecular weight is 350 g/mol. The van der Waals surface area contributed by atoms with Gasteiger partial charge in [-0.05, 0) is 61.9 Å². The van der Waals surface area contributed by atoms with Gasteiger partial charge in [-0.15, -0.1) is 11.3 Å². The first-order chi connectivity index (χ1) is 11.6. The zero-order valence-electron chi connectivity index (χ0n) is 13.9. The molecule has 3 rings (SSSR count). The van der Waals surface area contributed by atoms with Crippen molar-refractivity contribution in [1.29, 1.82) is 0 Å². The van der Waals surface area contributed by atoms with E-state index in [2.05, 4.69) is 0 Å². The number of hydrogen-bond acceptors (Lipinski definition) is 4. The first-order valence-electron chi connectivity index (χ1n) is 8.39. The van der Waals surface area contributed by atoms with Gasteiger partial charge in [0.2, 0.25) is 0 Å². The Kier molecular flexibility index (Phi) is 5.48. The molecule has 0 atom stereocenters. The minimum atomic E-state index is -0.266. The summed E-state index contributed by atoms with van der Waals surface area (Å²) in [7, 11) is 0. The first-order valence-corrected chi connectivity index (χ1v) is 9.21. The van der Waals surface area contributed by atoms with E-state index in [4.69, 9.17) is 10.5 Å². The van der Waals surface area contributed by atoms with Crippen molar-refractivity contribution in [3.8, 4) is 0 Å². The summed E-state index contributed by atoms with van der Waals surface area (Å²) in [6.45, 7) is 4.63. The molecule has 1 saturated heterocycles. The summed E-state index contributed by atoms with van der Waals surface area (Å²) in [5, 5.41) is 0.836. The predicted molar refractivity (Wildman–Crippen MR) is 95.1 cm³/mol. The third-order valence-corrected chi connectivity index (χ3v) is 5.78. The second kappa shape index (κ2) is 7.59. The number of nitrogens with two attached hydrogens (primary N) is 1. The Morgan fingerprint density at radius 3 is 2.88 bits per heavy atom. The van der Waals surface area contributed by atoms with Crippen molar-refractivity contribution < 1.29 is 13.9 Å². The van der Waals surface area contributed by atoms with E-state index < -0.39 is 0 Å². The van der Waals surface area contributed by atoms with Gasteiger partial charge in [-0.25, -0.2) is 4.39 Å². The molecule has 0 radical (unpaired) electrons. The molecular formula is C18H23FN2O2S. The lowest BCUT2D eigenvalue weighted by Gasteiger charge is -2.31. The first kappa shape index (κ1) is 17.3. The van der Waals surface area contributed by atoms with Gasteiger partial charge >= 0.3 is 0 Å². The van der Waals surface area contributed by atoms with Gasteiger partial charge in [-0.1, -0.05) is 0 Å². The van der Waals surface area contributed by atoms with E-state index in [9.17, 15) is 9.18 Å². The molecule has 2 N–H and O–H groups in total. The molecule has 1 aliphatic rings. The molecule has 1 fully saturated rings. The van der Waals surface area contributed by atoms with Crippen LogP contribution in [0.4, 0.5) is 4.39 Å². The van der Waals surface area contributed by atoms with Crippen LogP contribution in [0.5, 0.6) is 0 Å². The number of fused-ring (bicyclic) bond motifs is 1. The summed E-state index contributed by atoms with van der Waals surface area (Å²) in [6.07, 6.45) is 2.80. The topological polar surface area (TPSA) is 55.6 Å². The van der Waals surface area contributed by atoms with Crippen LogP contribution in [0.15, 0.2) is 18.2 Å². The Balaban J connectivity index is 1.66. The number of piperidine rings is 1. The number of thiophene rings is 1. The molecule has 1 aromatic carbocycles. The molecule has 4 nitrogen and oxygen atoms in total. The Hall–Kier alpha value is -1.50. The Morgan fingerprint density at radius 1 is 1.42 bits per heavy atom. The van der Waals surface area contributed by atoms with E-state index in [1.807, 2.05) is 11.8 Å². The molecule has 0 bridgehead atoms. The van der Waals surface area contributed by atoms with Crippen LogP contribution in [0, 0.1) is 12.7 Å². The van der Waals surface area contributed by atoms with E-state index in [0.29, 0.717) is 26.2 Å². The van der Waals surface area contributed by atoms with E-state index in [-0.39, 0.29) is 17.8 Å². The molecule has 1 aromatic heterocycles. The predicted octanol–water partition coefficient (Wildman–Crippen LogP) is 3.32. The van der Waals surface area contributed by atoms with Gasteiger partial charge in [0.25, 0.3) is 5.91 Å². The number of hydrogen-bond donors (Lipinski definition) is 1. The van der Waals surface area contributed by atoms with Gasteiger partial charge in [0.15, 0.2) is 0 Å². The lowest BCUT2D eigenvalue weighted by atomic mass is 10.1. The van der Waals surface area contributed by atoms with Crippen LogP contribution in [0.25, 0.3) is 10.1 Å². The molecule has 2 aromatic rings. The Labute approximate surface area is 145 Å². The Morgan fingerprint density at radius 2 is 2.17 bits per heavy atom. The number of halogens is 1. The molecule has 0 unspecified atom stereocenters. The number of carbonyl (C=O) groups excluding carboxylic acids is 1. The third-order valence-electron chi connectivity index (χ3n) is 4.52.